The second kappa shape index (κ2) is 9.96. The molecule has 0 fully saturated rings. The van der Waals surface area contributed by atoms with Crippen LogP contribution in [0.25, 0.3) is 11.3 Å². The number of anilines is 3. The number of nitrogens with zero attached hydrogens (tertiary/aromatic N) is 5. The number of carbonyl (C=O) groups is 1. The zero-order valence-corrected chi connectivity index (χ0v) is 22.5. The molecule has 3 aromatic rings. The van der Waals surface area contributed by atoms with Crippen LogP contribution in [0.2, 0.25) is 5.02 Å². The molecular formula is C27H29ClN6O3. The van der Waals surface area contributed by atoms with Crippen LogP contribution in [0.5, 0.6) is 0 Å². The molecule has 1 atom stereocenters. The van der Waals surface area contributed by atoms with Gasteiger partial charge in [-0.05, 0) is 57.5 Å². The third-order valence-corrected chi connectivity index (χ3v) is 6.19. The number of amides is 1. The van der Waals surface area contributed by atoms with Gasteiger partial charge in [0.05, 0.1) is 40.0 Å². The minimum atomic E-state index is -0.675. The maximum atomic E-state index is 13.1. The van der Waals surface area contributed by atoms with Gasteiger partial charge in [-0.3, -0.25) is 9.88 Å². The Bertz CT molecular complexity index is 1400. The van der Waals surface area contributed by atoms with Crippen molar-refractivity contribution in [1.82, 2.24) is 15.0 Å². The molecule has 0 saturated carbocycles. The van der Waals surface area contributed by atoms with Crippen LogP contribution in [-0.4, -0.2) is 46.9 Å². The van der Waals surface area contributed by atoms with Gasteiger partial charge in [0.25, 0.3) is 0 Å². The number of rotatable bonds is 5. The van der Waals surface area contributed by atoms with E-state index in [0.29, 0.717) is 46.8 Å². The molecule has 192 valence electrons. The van der Waals surface area contributed by atoms with Crippen LogP contribution in [0.15, 0.2) is 36.7 Å². The molecule has 1 amide bonds. The third-order valence-electron chi connectivity index (χ3n) is 5.99. The average molecular weight is 521 g/mol. The van der Waals surface area contributed by atoms with E-state index in [1.54, 1.807) is 37.7 Å². The number of carbonyl (C=O) groups excluding carboxylic acids is 1. The lowest BCUT2D eigenvalue weighted by Crippen LogP contribution is -2.40. The summed E-state index contributed by atoms with van der Waals surface area (Å²) in [5.74, 6) is 0.360. The van der Waals surface area contributed by atoms with E-state index < -0.39 is 17.1 Å². The quantitative estimate of drug-likeness (QED) is 0.450. The number of fused-ring (bicyclic) bond motifs is 1. The standard InChI is InChI=1S/C27H29ClN6O3/c1-16-22(11-19(28)13-31-16)33-24-30-8-7-21(32-24)17-9-18(12-29)23-20(10-17)27(5,15-36-6)14-34(23)25(35)37-26(2,3)4/h7-11,13H,14-15H2,1-6H3,(H,30,32,33)/t27-/m1/s1. The normalized spacial score (nSPS) is 16.8. The van der Waals surface area contributed by atoms with Crippen molar-refractivity contribution < 1.29 is 14.3 Å². The first-order valence-corrected chi connectivity index (χ1v) is 12.1. The summed E-state index contributed by atoms with van der Waals surface area (Å²) in [7, 11) is 1.62. The number of aryl methyl sites for hydroxylation is 1. The molecule has 0 radical (unpaired) electrons. The summed E-state index contributed by atoms with van der Waals surface area (Å²) in [6, 6.07) is 9.47. The van der Waals surface area contributed by atoms with Gasteiger partial charge in [0.15, 0.2) is 0 Å². The van der Waals surface area contributed by atoms with E-state index in [4.69, 9.17) is 21.1 Å². The fourth-order valence-electron chi connectivity index (χ4n) is 4.38. The molecule has 1 aliphatic heterocycles. The van der Waals surface area contributed by atoms with E-state index in [2.05, 4.69) is 26.3 Å². The lowest BCUT2D eigenvalue weighted by Gasteiger charge is -2.27. The topological polar surface area (TPSA) is 113 Å². The molecule has 0 spiro atoms. The highest BCUT2D eigenvalue weighted by Gasteiger charge is 2.44. The fraction of sp³-hybridized carbons (Fsp3) is 0.370. The van der Waals surface area contributed by atoms with E-state index in [1.165, 1.54) is 4.90 Å². The van der Waals surface area contributed by atoms with Gasteiger partial charge in [0.2, 0.25) is 5.95 Å². The van der Waals surface area contributed by atoms with Crippen molar-refractivity contribution in [2.45, 2.75) is 45.6 Å². The Morgan fingerprint density at radius 1 is 1.30 bits per heavy atom. The largest absolute Gasteiger partial charge is 0.443 e. The summed E-state index contributed by atoms with van der Waals surface area (Å²) >= 11 is 6.10. The number of ether oxygens (including phenoxy) is 2. The van der Waals surface area contributed by atoms with Crippen molar-refractivity contribution in [3.8, 4) is 17.3 Å². The number of pyridine rings is 1. The molecule has 3 heterocycles. The first-order valence-electron chi connectivity index (χ1n) is 11.7. The maximum absolute atomic E-state index is 13.1. The number of methoxy groups -OCH3 is 1. The van der Waals surface area contributed by atoms with E-state index in [1.807, 2.05) is 40.7 Å². The Morgan fingerprint density at radius 2 is 2.05 bits per heavy atom. The Kier molecular flexibility index (Phi) is 7.09. The second-order valence-electron chi connectivity index (χ2n) is 10.3. The molecule has 0 aliphatic carbocycles. The molecule has 4 rings (SSSR count). The van der Waals surface area contributed by atoms with Crippen molar-refractivity contribution in [2.75, 3.05) is 30.5 Å². The third kappa shape index (κ3) is 5.50. The van der Waals surface area contributed by atoms with Crippen LogP contribution in [0.1, 0.15) is 44.5 Å². The van der Waals surface area contributed by atoms with E-state index in [-0.39, 0.29) is 0 Å². The summed E-state index contributed by atoms with van der Waals surface area (Å²) in [6.07, 6.45) is 2.71. The summed E-state index contributed by atoms with van der Waals surface area (Å²) in [5.41, 5.74) is 3.24. The highest BCUT2D eigenvalue weighted by molar-refractivity contribution is 6.30. The maximum Gasteiger partial charge on any atom is 0.414 e. The number of hydrogen-bond acceptors (Lipinski definition) is 8. The molecule has 1 aliphatic rings. The van der Waals surface area contributed by atoms with E-state index in [9.17, 15) is 10.1 Å². The van der Waals surface area contributed by atoms with Crippen LogP contribution in [-0.2, 0) is 14.9 Å². The highest BCUT2D eigenvalue weighted by Crippen LogP contribution is 2.45. The van der Waals surface area contributed by atoms with Crippen LogP contribution < -0.4 is 10.2 Å². The summed E-state index contributed by atoms with van der Waals surface area (Å²) < 4.78 is 11.2. The molecule has 0 bridgehead atoms. The molecule has 1 aromatic carbocycles. The van der Waals surface area contributed by atoms with Crippen molar-refractivity contribution in [3.05, 3.63) is 58.5 Å². The van der Waals surface area contributed by atoms with Crippen LogP contribution in [0, 0.1) is 18.3 Å². The Balaban J connectivity index is 1.78. The van der Waals surface area contributed by atoms with E-state index >= 15 is 0 Å². The lowest BCUT2D eigenvalue weighted by molar-refractivity contribution is 0.0571. The Morgan fingerprint density at radius 3 is 2.73 bits per heavy atom. The summed E-state index contributed by atoms with van der Waals surface area (Å²) in [6.45, 7) is 9.97. The van der Waals surface area contributed by atoms with Gasteiger partial charge in [0.1, 0.15) is 11.7 Å². The highest BCUT2D eigenvalue weighted by atomic mass is 35.5. The number of halogens is 1. The second-order valence-corrected chi connectivity index (χ2v) is 10.7. The molecule has 37 heavy (non-hydrogen) atoms. The van der Waals surface area contributed by atoms with Crippen molar-refractivity contribution in [2.24, 2.45) is 0 Å². The zero-order valence-electron chi connectivity index (χ0n) is 21.7. The number of benzene rings is 1. The van der Waals surface area contributed by atoms with Crippen molar-refractivity contribution >= 4 is 35.0 Å². The Labute approximate surface area is 221 Å². The minimum absolute atomic E-state index is 0.320. The van der Waals surface area contributed by atoms with Gasteiger partial charge in [-0.1, -0.05) is 18.5 Å². The van der Waals surface area contributed by atoms with Crippen LogP contribution in [0.4, 0.5) is 22.1 Å². The van der Waals surface area contributed by atoms with Gasteiger partial charge >= 0.3 is 6.09 Å². The van der Waals surface area contributed by atoms with Crippen LogP contribution in [0.3, 0.4) is 0 Å². The number of aromatic nitrogens is 3. The molecule has 0 unspecified atom stereocenters. The summed E-state index contributed by atoms with van der Waals surface area (Å²) in [4.78, 5) is 27.9. The fourth-order valence-corrected chi connectivity index (χ4v) is 4.54. The van der Waals surface area contributed by atoms with Gasteiger partial charge in [0, 0.05) is 37.0 Å². The minimum Gasteiger partial charge on any atom is -0.443 e. The number of nitrogens with one attached hydrogen (secondary N) is 1. The SMILES string of the molecule is COC[C@@]1(C)CN(C(=O)OC(C)(C)C)c2c(C#N)cc(-c3ccnc(Nc4cc(Cl)cnc4C)n3)cc21. The smallest absolute Gasteiger partial charge is 0.414 e. The molecule has 9 nitrogen and oxygen atoms in total. The van der Waals surface area contributed by atoms with E-state index in [0.717, 1.165) is 16.8 Å². The predicted molar refractivity (Wildman–Crippen MR) is 142 cm³/mol. The van der Waals surface area contributed by atoms with Crippen molar-refractivity contribution in [1.29, 1.82) is 5.26 Å². The van der Waals surface area contributed by atoms with Crippen molar-refractivity contribution in [3.63, 3.8) is 0 Å². The average Bonchev–Trinajstić information content (AvgIpc) is 3.13. The molecule has 1 N–H and O–H groups in total. The number of nitriles is 1. The van der Waals surface area contributed by atoms with Gasteiger partial charge in [-0.2, -0.15) is 5.26 Å². The molecule has 10 heteroatoms. The van der Waals surface area contributed by atoms with Crippen LogP contribution >= 0.6 is 11.6 Å². The Hall–Kier alpha value is -3.74. The predicted octanol–water partition coefficient (Wildman–Crippen LogP) is 5.77. The number of hydrogen-bond donors (Lipinski definition) is 1. The summed E-state index contributed by atoms with van der Waals surface area (Å²) in [5, 5.41) is 13.7. The van der Waals surface area contributed by atoms with Gasteiger partial charge in [-0.25, -0.2) is 14.8 Å². The van der Waals surface area contributed by atoms with Gasteiger partial charge in [-0.15, -0.1) is 0 Å². The lowest BCUT2D eigenvalue weighted by atomic mass is 9.83. The molecular weight excluding hydrogens is 492 g/mol. The monoisotopic (exact) mass is 520 g/mol. The zero-order chi connectivity index (χ0) is 27.0. The molecule has 2 aromatic heterocycles. The first-order chi connectivity index (χ1) is 17.4. The van der Waals surface area contributed by atoms with Gasteiger partial charge < -0.3 is 14.8 Å². The first kappa shape index (κ1) is 26.3. The molecule has 0 saturated heterocycles.